The summed E-state index contributed by atoms with van der Waals surface area (Å²) in [5.41, 5.74) is 0.805. The molecule has 22 heavy (non-hydrogen) atoms. The molecule has 0 aromatic carbocycles. The Morgan fingerprint density at radius 3 is 2.73 bits per heavy atom. The minimum Gasteiger partial charge on any atom is -0.345 e. The summed E-state index contributed by atoms with van der Waals surface area (Å²) < 4.78 is 1.74. The number of rotatable bonds is 3. The van der Waals surface area contributed by atoms with Gasteiger partial charge >= 0.3 is 0 Å². The molecule has 118 valence electrons. The fourth-order valence-corrected chi connectivity index (χ4v) is 2.88. The molecule has 0 radical (unpaired) electrons. The lowest BCUT2D eigenvalue weighted by atomic mass is 10.2. The maximum atomic E-state index is 12.4. The molecule has 0 bridgehead atoms. The molecule has 0 N–H and O–H groups in total. The van der Waals surface area contributed by atoms with Gasteiger partial charge in [-0.25, -0.2) is 9.97 Å². The molecule has 1 aliphatic rings. The van der Waals surface area contributed by atoms with Crippen LogP contribution < -0.4 is 4.90 Å². The number of piperazine rings is 1. The first-order chi connectivity index (χ1) is 10.5. The average molecular weight is 302 g/mol. The lowest BCUT2D eigenvalue weighted by Crippen LogP contribution is -2.51. The van der Waals surface area contributed by atoms with Gasteiger partial charge in [0.15, 0.2) is 5.65 Å². The van der Waals surface area contributed by atoms with Crippen LogP contribution in [-0.2, 0) is 11.8 Å². The lowest BCUT2D eigenvalue weighted by Gasteiger charge is -2.36. The molecule has 0 saturated carbocycles. The minimum absolute atomic E-state index is 0.160. The molecule has 0 aliphatic carbocycles. The van der Waals surface area contributed by atoms with Crippen LogP contribution in [0.2, 0.25) is 0 Å². The number of aromatic nitrogens is 4. The highest BCUT2D eigenvalue weighted by molar-refractivity contribution is 5.90. The summed E-state index contributed by atoms with van der Waals surface area (Å²) in [5, 5.41) is 5.16. The van der Waals surface area contributed by atoms with Crippen LogP contribution in [0.5, 0.6) is 0 Å². The highest BCUT2D eigenvalue weighted by Crippen LogP contribution is 2.24. The third-order valence-electron chi connectivity index (χ3n) is 3.89. The van der Waals surface area contributed by atoms with Crippen LogP contribution in [0.15, 0.2) is 6.20 Å². The summed E-state index contributed by atoms with van der Waals surface area (Å²) in [6.45, 7) is 8.84. The van der Waals surface area contributed by atoms with Gasteiger partial charge in [-0.3, -0.25) is 9.48 Å². The molecule has 7 nitrogen and oxygen atoms in total. The highest BCUT2D eigenvalue weighted by Gasteiger charge is 2.27. The van der Waals surface area contributed by atoms with Gasteiger partial charge in [0.05, 0.1) is 18.1 Å². The number of nitrogens with zero attached hydrogens (tertiary/aromatic N) is 6. The fraction of sp³-hybridized carbons (Fsp3) is 0.600. The summed E-state index contributed by atoms with van der Waals surface area (Å²) in [5.74, 6) is 2.16. The maximum Gasteiger partial charge on any atom is 0.242 e. The van der Waals surface area contributed by atoms with E-state index >= 15 is 0 Å². The Hall–Kier alpha value is -2.18. The van der Waals surface area contributed by atoms with Gasteiger partial charge in [-0.15, -0.1) is 0 Å². The number of carbonyl (C=O) groups is 1. The predicted octanol–water partition coefficient (Wildman–Crippen LogP) is 0.976. The van der Waals surface area contributed by atoms with Gasteiger partial charge < -0.3 is 9.80 Å². The van der Waals surface area contributed by atoms with Crippen molar-refractivity contribution in [1.29, 1.82) is 0 Å². The first-order valence-corrected chi connectivity index (χ1v) is 7.64. The van der Waals surface area contributed by atoms with E-state index in [1.807, 2.05) is 23.8 Å². The van der Waals surface area contributed by atoms with E-state index in [2.05, 4.69) is 28.9 Å². The highest BCUT2D eigenvalue weighted by atomic mass is 16.2. The van der Waals surface area contributed by atoms with Gasteiger partial charge in [-0.1, -0.05) is 13.8 Å². The van der Waals surface area contributed by atoms with E-state index in [1.54, 1.807) is 10.9 Å². The van der Waals surface area contributed by atoms with Crippen LogP contribution in [0.1, 0.15) is 19.7 Å². The number of fused-ring (bicyclic) bond motifs is 1. The second-order valence-corrected chi connectivity index (χ2v) is 6.26. The van der Waals surface area contributed by atoms with Crippen molar-refractivity contribution in [1.82, 2.24) is 24.6 Å². The van der Waals surface area contributed by atoms with Crippen molar-refractivity contribution in [2.45, 2.75) is 20.8 Å². The predicted molar refractivity (Wildman–Crippen MR) is 84.7 cm³/mol. The van der Waals surface area contributed by atoms with Crippen molar-refractivity contribution in [2.24, 2.45) is 13.0 Å². The first-order valence-electron chi connectivity index (χ1n) is 7.64. The molecule has 3 heterocycles. The molecule has 2 aromatic rings. The molecule has 2 aromatic heterocycles. The molecular weight excluding hydrogens is 280 g/mol. The number of amides is 1. The second kappa shape index (κ2) is 5.55. The van der Waals surface area contributed by atoms with Gasteiger partial charge in [-0.05, 0) is 12.8 Å². The molecule has 1 amide bonds. The van der Waals surface area contributed by atoms with Crippen LogP contribution >= 0.6 is 0 Å². The average Bonchev–Trinajstić information content (AvgIpc) is 2.81. The number of hydrogen-bond donors (Lipinski definition) is 0. The molecule has 7 heteroatoms. The largest absolute Gasteiger partial charge is 0.345 e. The zero-order chi connectivity index (χ0) is 15.9. The monoisotopic (exact) mass is 302 g/mol. The Morgan fingerprint density at radius 1 is 1.27 bits per heavy atom. The second-order valence-electron chi connectivity index (χ2n) is 6.26. The molecule has 1 saturated heterocycles. The van der Waals surface area contributed by atoms with Crippen LogP contribution in [0.3, 0.4) is 0 Å². The smallest absolute Gasteiger partial charge is 0.242 e. The topological polar surface area (TPSA) is 67.2 Å². The van der Waals surface area contributed by atoms with Crippen molar-refractivity contribution in [3.8, 4) is 0 Å². The summed E-state index contributed by atoms with van der Waals surface area (Å²) in [6.07, 6.45) is 1.77. The zero-order valence-corrected chi connectivity index (χ0v) is 13.6. The van der Waals surface area contributed by atoms with Crippen molar-refractivity contribution in [3.63, 3.8) is 0 Å². The molecular formula is C15H22N6O. The lowest BCUT2D eigenvalue weighted by molar-refractivity contribution is -0.131. The number of aryl methyl sites for hydroxylation is 2. The van der Waals surface area contributed by atoms with Crippen LogP contribution in [0.25, 0.3) is 11.0 Å². The quantitative estimate of drug-likeness (QED) is 0.845. The Labute approximate surface area is 129 Å². The van der Waals surface area contributed by atoms with Crippen molar-refractivity contribution < 1.29 is 4.79 Å². The number of hydrogen-bond acceptors (Lipinski definition) is 5. The molecule has 0 unspecified atom stereocenters. The van der Waals surface area contributed by atoms with E-state index in [0.717, 1.165) is 36.5 Å². The summed E-state index contributed by atoms with van der Waals surface area (Å²) in [6, 6.07) is 0. The Balaban J connectivity index is 1.88. The van der Waals surface area contributed by atoms with Gasteiger partial charge in [0.2, 0.25) is 5.91 Å². The summed E-state index contributed by atoms with van der Waals surface area (Å²) in [4.78, 5) is 25.3. The standard InChI is InChI=1S/C15H22N6O/c1-10(2)8-20-5-6-21(9-13(20)22)15-12-7-16-19(4)14(12)17-11(3)18-15/h7,10H,5-6,8-9H2,1-4H3. The zero-order valence-electron chi connectivity index (χ0n) is 13.6. The first kappa shape index (κ1) is 14.7. The van der Waals surface area contributed by atoms with Crippen LogP contribution in [0.4, 0.5) is 5.82 Å². The fourth-order valence-electron chi connectivity index (χ4n) is 2.88. The summed E-state index contributed by atoms with van der Waals surface area (Å²) in [7, 11) is 1.87. The number of carbonyl (C=O) groups excluding carboxylic acids is 1. The Bertz CT molecular complexity index is 707. The molecule has 0 atom stereocenters. The van der Waals surface area contributed by atoms with E-state index in [0.29, 0.717) is 18.3 Å². The summed E-state index contributed by atoms with van der Waals surface area (Å²) >= 11 is 0. The number of anilines is 1. The van der Waals surface area contributed by atoms with E-state index in [1.165, 1.54) is 0 Å². The molecule has 1 fully saturated rings. The normalized spacial score (nSPS) is 16.1. The maximum absolute atomic E-state index is 12.4. The molecule has 3 rings (SSSR count). The third-order valence-corrected chi connectivity index (χ3v) is 3.89. The van der Waals surface area contributed by atoms with Crippen LogP contribution in [0, 0.1) is 12.8 Å². The Kier molecular flexibility index (Phi) is 3.72. The minimum atomic E-state index is 0.160. The van der Waals surface area contributed by atoms with E-state index in [4.69, 9.17) is 0 Å². The SMILES string of the molecule is Cc1nc(N2CCN(CC(C)C)C(=O)C2)c2cnn(C)c2n1. The van der Waals surface area contributed by atoms with Gasteiger partial charge in [0.25, 0.3) is 0 Å². The van der Waals surface area contributed by atoms with E-state index in [-0.39, 0.29) is 5.91 Å². The van der Waals surface area contributed by atoms with E-state index in [9.17, 15) is 4.79 Å². The van der Waals surface area contributed by atoms with Crippen molar-refractivity contribution >= 4 is 22.8 Å². The Morgan fingerprint density at radius 2 is 2.05 bits per heavy atom. The van der Waals surface area contributed by atoms with Gasteiger partial charge in [0.1, 0.15) is 11.6 Å². The third kappa shape index (κ3) is 2.63. The van der Waals surface area contributed by atoms with E-state index < -0.39 is 0 Å². The van der Waals surface area contributed by atoms with Crippen molar-refractivity contribution in [3.05, 3.63) is 12.0 Å². The molecule has 0 spiro atoms. The molecule has 1 aliphatic heterocycles. The van der Waals surface area contributed by atoms with Gasteiger partial charge in [-0.2, -0.15) is 5.10 Å². The van der Waals surface area contributed by atoms with Gasteiger partial charge in [0, 0.05) is 26.7 Å². The van der Waals surface area contributed by atoms with Crippen molar-refractivity contribution in [2.75, 3.05) is 31.1 Å². The van der Waals surface area contributed by atoms with Crippen LogP contribution in [-0.4, -0.2) is 56.7 Å².